The van der Waals surface area contributed by atoms with Crippen molar-refractivity contribution in [2.45, 2.75) is 27.2 Å². The van der Waals surface area contributed by atoms with Gasteiger partial charge in [-0.25, -0.2) is 4.98 Å². The van der Waals surface area contributed by atoms with Gasteiger partial charge in [-0.2, -0.15) is 0 Å². The van der Waals surface area contributed by atoms with E-state index < -0.39 is 0 Å². The van der Waals surface area contributed by atoms with Crippen LogP contribution in [0.5, 0.6) is 5.75 Å². The molecule has 0 radical (unpaired) electrons. The minimum Gasteiger partial charge on any atom is -0.491 e. The number of nitrogens with one attached hydrogen (secondary N) is 1. The van der Waals surface area contributed by atoms with Crippen molar-refractivity contribution in [1.29, 1.82) is 0 Å². The van der Waals surface area contributed by atoms with E-state index in [-0.39, 0.29) is 0 Å². The third-order valence-corrected chi connectivity index (χ3v) is 5.56. The van der Waals surface area contributed by atoms with Crippen LogP contribution < -0.4 is 10.1 Å². The summed E-state index contributed by atoms with van der Waals surface area (Å²) < 4.78 is 5.89. The maximum absolute atomic E-state index is 10.3. The number of aryl methyl sites for hydroxylation is 1. The molecule has 0 saturated heterocycles. The maximum atomic E-state index is 10.3. The lowest BCUT2D eigenvalue weighted by Gasteiger charge is -2.17. The number of benzene rings is 2. The molecule has 4 nitrogen and oxygen atoms in total. The molecule has 0 spiro atoms. The summed E-state index contributed by atoms with van der Waals surface area (Å²) in [6.07, 6.45) is 3.41. The van der Waals surface area contributed by atoms with Crippen molar-refractivity contribution in [3.05, 3.63) is 69.7 Å². The Bertz CT molecular complexity index is 903. The minimum atomic E-state index is 0.470. The second kappa shape index (κ2) is 8.82. The number of hydrogen-bond acceptors (Lipinski definition) is 4. The molecule has 0 bridgehead atoms. The fraction of sp³-hybridized carbons (Fsp3) is 0.273. The van der Waals surface area contributed by atoms with Gasteiger partial charge in [0.2, 0.25) is 6.41 Å². The first-order chi connectivity index (χ1) is 13.1. The third-order valence-electron chi connectivity index (χ3n) is 4.74. The van der Waals surface area contributed by atoms with Gasteiger partial charge in [0.05, 0.1) is 6.54 Å². The van der Waals surface area contributed by atoms with E-state index in [1.807, 2.05) is 11.6 Å². The SMILES string of the molecule is Cc1cc(Cc2ccc(-c3nccs3)cc2)c(C)c(C)c1OCCNC=O. The van der Waals surface area contributed by atoms with Gasteiger partial charge >= 0.3 is 0 Å². The van der Waals surface area contributed by atoms with Crippen LogP contribution in [0.1, 0.15) is 27.8 Å². The van der Waals surface area contributed by atoms with Crippen LogP contribution in [0.4, 0.5) is 0 Å². The lowest BCUT2D eigenvalue weighted by Crippen LogP contribution is -2.19. The second-order valence-corrected chi connectivity index (χ2v) is 7.46. The van der Waals surface area contributed by atoms with Crippen LogP contribution >= 0.6 is 11.3 Å². The largest absolute Gasteiger partial charge is 0.491 e. The van der Waals surface area contributed by atoms with Gasteiger partial charge in [0, 0.05) is 17.1 Å². The van der Waals surface area contributed by atoms with Crippen LogP contribution in [0.15, 0.2) is 41.9 Å². The molecule has 0 atom stereocenters. The van der Waals surface area contributed by atoms with Crippen molar-refractivity contribution in [3.8, 4) is 16.3 Å². The Kier molecular flexibility index (Phi) is 6.24. The third kappa shape index (κ3) is 4.55. The molecule has 1 N–H and O–H groups in total. The molecule has 140 valence electrons. The number of carbonyl (C=O) groups is 1. The molecular weight excluding hydrogens is 356 g/mol. The number of hydrogen-bond donors (Lipinski definition) is 1. The summed E-state index contributed by atoms with van der Waals surface area (Å²) >= 11 is 1.65. The molecule has 0 fully saturated rings. The van der Waals surface area contributed by atoms with Crippen LogP contribution in [0, 0.1) is 20.8 Å². The zero-order valence-electron chi connectivity index (χ0n) is 15.9. The standard InChI is InChI=1S/C22H24N2O2S/c1-15-12-20(16(2)17(3)21(15)26-10-8-23-14-25)13-18-4-6-19(7-5-18)22-24-9-11-27-22/h4-7,9,11-12,14H,8,10,13H2,1-3H3,(H,23,25). The fourth-order valence-corrected chi connectivity index (χ4v) is 3.81. The van der Waals surface area contributed by atoms with Gasteiger partial charge in [-0.3, -0.25) is 4.79 Å². The van der Waals surface area contributed by atoms with Crippen molar-refractivity contribution in [3.63, 3.8) is 0 Å². The van der Waals surface area contributed by atoms with Crippen LogP contribution in [-0.2, 0) is 11.2 Å². The molecule has 1 aromatic heterocycles. The Balaban J connectivity index is 1.76. The summed E-state index contributed by atoms with van der Waals surface area (Å²) in [6.45, 7) is 7.29. The van der Waals surface area contributed by atoms with Gasteiger partial charge < -0.3 is 10.1 Å². The van der Waals surface area contributed by atoms with Crippen LogP contribution in [0.3, 0.4) is 0 Å². The summed E-state index contributed by atoms with van der Waals surface area (Å²) in [7, 11) is 0. The zero-order chi connectivity index (χ0) is 19.2. The summed E-state index contributed by atoms with van der Waals surface area (Å²) in [5.74, 6) is 0.920. The van der Waals surface area contributed by atoms with E-state index >= 15 is 0 Å². The molecule has 2 aromatic carbocycles. The molecule has 3 rings (SSSR count). The second-order valence-electron chi connectivity index (χ2n) is 6.56. The first-order valence-electron chi connectivity index (χ1n) is 8.98. The molecular formula is C22H24N2O2S. The average molecular weight is 381 g/mol. The van der Waals surface area contributed by atoms with Crippen LogP contribution in [0.2, 0.25) is 0 Å². The molecule has 3 aromatic rings. The number of thiazole rings is 1. The van der Waals surface area contributed by atoms with Gasteiger partial charge in [0.15, 0.2) is 0 Å². The zero-order valence-corrected chi connectivity index (χ0v) is 16.7. The average Bonchev–Trinajstić information content (AvgIpc) is 3.21. The first kappa shape index (κ1) is 19.1. The van der Waals surface area contributed by atoms with E-state index in [4.69, 9.17) is 4.74 Å². The van der Waals surface area contributed by atoms with E-state index in [1.54, 1.807) is 11.3 Å². The Morgan fingerprint density at radius 2 is 1.93 bits per heavy atom. The monoisotopic (exact) mass is 380 g/mol. The van der Waals surface area contributed by atoms with E-state index in [0.717, 1.165) is 33.9 Å². The summed E-state index contributed by atoms with van der Waals surface area (Å²) in [4.78, 5) is 14.7. The predicted molar refractivity (Wildman–Crippen MR) is 111 cm³/mol. The Morgan fingerprint density at radius 3 is 2.59 bits per heavy atom. The van der Waals surface area contributed by atoms with E-state index in [2.05, 4.69) is 61.4 Å². The number of aromatic nitrogens is 1. The molecule has 0 aliphatic rings. The highest BCUT2D eigenvalue weighted by Gasteiger charge is 2.12. The topological polar surface area (TPSA) is 51.2 Å². The summed E-state index contributed by atoms with van der Waals surface area (Å²) in [5.41, 5.74) is 7.29. The molecule has 0 aliphatic carbocycles. The number of nitrogens with zero attached hydrogens (tertiary/aromatic N) is 1. The van der Waals surface area contributed by atoms with Gasteiger partial charge in [-0.15, -0.1) is 11.3 Å². The van der Waals surface area contributed by atoms with Crippen molar-refractivity contribution in [2.75, 3.05) is 13.2 Å². The van der Waals surface area contributed by atoms with Crippen LogP contribution in [0.25, 0.3) is 10.6 Å². The normalized spacial score (nSPS) is 10.6. The Hall–Kier alpha value is -2.66. The van der Waals surface area contributed by atoms with Gasteiger partial charge in [-0.1, -0.05) is 30.3 Å². The van der Waals surface area contributed by atoms with Crippen molar-refractivity contribution in [2.24, 2.45) is 0 Å². The lowest BCUT2D eigenvalue weighted by molar-refractivity contribution is -0.109. The molecule has 1 amide bonds. The number of amides is 1. The summed E-state index contributed by atoms with van der Waals surface area (Å²) in [6, 6.07) is 10.8. The highest BCUT2D eigenvalue weighted by molar-refractivity contribution is 7.13. The molecule has 0 aliphatic heterocycles. The number of carbonyl (C=O) groups excluding carboxylic acids is 1. The summed E-state index contributed by atoms with van der Waals surface area (Å²) in [5, 5.41) is 5.67. The molecule has 27 heavy (non-hydrogen) atoms. The van der Waals surface area contributed by atoms with Crippen LogP contribution in [-0.4, -0.2) is 24.5 Å². The fourth-order valence-electron chi connectivity index (χ4n) is 3.17. The highest BCUT2D eigenvalue weighted by Crippen LogP contribution is 2.30. The van der Waals surface area contributed by atoms with Crippen molar-refractivity contribution in [1.82, 2.24) is 10.3 Å². The molecule has 0 saturated carbocycles. The number of ether oxygens (including phenoxy) is 1. The predicted octanol–water partition coefficient (Wildman–Crippen LogP) is 4.45. The van der Waals surface area contributed by atoms with Crippen molar-refractivity contribution >= 4 is 17.7 Å². The smallest absolute Gasteiger partial charge is 0.207 e. The molecule has 0 unspecified atom stereocenters. The maximum Gasteiger partial charge on any atom is 0.207 e. The van der Waals surface area contributed by atoms with Gasteiger partial charge in [0.1, 0.15) is 17.4 Å². The molecule has 5 heteroatoms. The van der Waals surface area contributed by atoms with Crippen molar-refractivity contribution < 1.29 is 9.53 Å². The minimum absolute atomic E-state index is 0.470. The van der Waals surface area contributed by atoms with E-state index in [9.17, 15) is 4.79 Å². The first-order valence-corrected chi connectivity index (χ1v) is 9.86. The molecule has 1 heterocycles. The quantitative estimate of drug-likeness (QED) is 0.464. The Morgan fingerprint density at radius 1 is 1.15 bits per heavy atom. The number of rotatable bonds is 8. The van der Waals surface area contributed by atoms with E-state index in [1.165, 1.54) is 16.7 Å². The van der Waals surface area contributed by atoms with Gasteiger partial charge in [0.25, 0.3) is 0 Å². The highest BCUT2D eigenvalue weighted by atomic mass is 32.1. The van der Waals surface area contributed by atoms with Gasteiger partial charge in [-0.05, 0) is 55.0 Å². The van der Waals surface area contributed by atoms with E-state index in [0.29, 0.717) is 19.6 Å². The lowest BCUT2D eigenvalue weighted by atomic mass is 9.94. The Labute approximate surface area is 164 Å².